The molecule has 2 aliphatic rings. The summed E-state index contributed by atoms with van der Waals surface area (Å²) in [6.07, 6.45) is 8.22. The highest BCUT2D eigenvalue weighted by Crippen LogP contribution is 2.33. The van der Waals surface area contributed by atoms with E-state index in [4.69, 9.17) is 0 Å². The third-order valence-corrected chi connectivity index (χ3v) is 5.23. The van der Waals surface area contributed by atoms with Gasteiger partial charge in [0.1, 0.15) is 0 Å². The van der Waals surface area contributed by atoms with Crippen LogP contribution in [0.3, 0.4) is 0 Å². The molecule has 1 aliphatic heterocycles. The van der Waals surface area contributed by atoms with Crippen LogP contribution in [-0.4, -0.2) is 25.7 Å². The lowest BCUT2D eigenvalue weighted by Gasteiger charge is -2.25. The van der Waals surface area contributed by atoms with Gasteiger partial charge in [-0.2, -0.15) is 0 Å². The number of rotatable bonds is 4. The summed E-state index contributed by atoms with van der Waals surface area (Å²) in [4.78, 5) is 2.41. The van der Waals surface area contributed by atoms with Gasteiger partial charge in [0.25, 0.3) is 0 Å². The molecule has 1 aromatic carbocycles. The smallest absolute Gasteiger partial charge is 0.0364 e. The molecule has 0 amide bonds. The van der Waals surface area contributed by atoms with Crippen molar-refractivity contribution in [1.29, 1.82) is 0 Å². The fourth-order valence-corrected chi connectivity index (χ4v) is 3.99. The van der Waals surface area contributed by atoms with E-state index in [1.807, 2.05) is 0 Å². The summed E-state index contributed by atoms with van der Waals surface area (Å²) < 4.78 is 0. The average molecular weight is 272 g/mol. The molecule has 3 unspecified atom stereocenters. The van der Waals surface area contributed by atoms with Gasteiger partial charge in [-0.3, -0.25) is 0 Å². The first kappa shape index (κ1) is 13.9. The van der Waals surface area contributed by atoms with E-state index in [0.717, 1.165) is 24.9 Å². The van der Waals surface area contributed by atoms with Gasteiger partial charge in [-0.1, -0.05) is 31.9 Å². The zero-order chi connectivity index (χ0) is 13.9. The molecule has 1 aliphatic carbocycles. The van der Waals surface area contributed by atoms with Gasteiger partial charge in [-0.05, 0) is 49.3 Å². The minimum absolute atomic E-state index is 0.680. The molecule has 2 fully saturated rings. The van der Waals surface area contributed by atoms with E-state index in [1.165, 1.54) is 43.4 Å². The molecule has 2 heteroatoms. The number of aryl methyl sites for hydroxylation is 1. The van der Waals surface area contributed by atoms with Crippen molar-refractivity contribution in [3.05, 3.63) is 29.8 Å². The second kappa shape index (κ2) is 6.17. The summed E-state index contributed by atoms with van der Waals surface area (Å²) in [5, 5.41) is 3.87. The first-order valence-electron chi connectivity index (χ1n) is 8.32. The first-order chi connectivity index (χ1) is 9.76. The van der Waals surface area contributed by atoms with Crippen molar-refractivity contribution in [2.24, 2.45) is 5.92 Å². The summed E-state index contributed by atoms with van der Waals surface area (Å²) in [5.74, 6) is 0.949. The minimum atomic E-state index is 0.680. The van der Waals surface area contributed by atoms with Gasteiger partial charge in [-0.25, -0.2) is 0 Å². The number of fused-ring (bicyclic) bond motifs is 1. The number of hydrogen-bond donors (Lipinski definition) is 1. The quantitative estimate of drug-likeness (QED) is 0.901. The molecule has 1 heterocycles. The number of hydrogen-bond acceptors (Lipinski definition) is 2. The number of benzene rings is 1. The molecular formula is C18H28N2. The highest BCUT2D eigenvalue weighted by Gasteiger charge is 2.35. The predicted molar refractivity (Wildman–Crippen MR) is 86.4 cm³/mol. The molecule has 0 aromatic heterocycles. The van der Waals surface area contributed by atoms with Crippen molar-refractivity contribution < 1.29 is 0 Å². The van der Waals surface area contributed by atoms with Gasteiger partial charge in [0.05, 0.1) is 0 Å². The normalized spacial score (nSPS) is 29.2. The lowest BCUT2D eigenvalue weighted by Crippen LogP contribution is -2.39. The van der Waals surface area contributed by atoms with E-state index < -0.39 is 0 Å². The summed E-state index contributed by atoms with van der Waals surface area (Å²) in [5.41, 5.74) is 2.77. The Morgan fingerprint density at radius 2 is 1.90 bits per heavy atom. The van der Waals surface area contributed by atoms with Crippen LogP contribution in [-0.2, 0) is 6.42 Å². The van der Waals surface area contributed by atoms with Crippen LogP contribution in [0.4, 0.5) is 5.69 Å². The molecule has 110 valence electrons. The number of anilines is 1. The van der Waals surface area contributed by atoms with Crippen LogP contribution in [0.1, 0.15) is 44.6 Å². The van der Waals surface area contributed by atoms with Crippen molar-refractivity contribution in [2.45, 2.75) is 57.5 Å². The molecule has 2 nitrogen and oxygen atoms in total. The van der Waals surface area contributed by atoms with E-state index in [2.05, 4.69) is 48.5 Å². The van der Waals surface area contributed by atoms with Crippen molar-refractivity contribution in [1.82, 2.24) is 5.32 Å². The van der Waals surface area contributed by atoms with Crippen molar-refractivity contribution >= 4 is 5.69 Å². The molecule has 0 bridgehead atoms. The Kier molecular flexibility index (Phi) is 4.30. The molecular weight excluding hydrogens is 244 g/mol. The Balaban J connectivity index is 1.57. The average Bonchev–Trinajstić information content (AvgIpc) is 2.89. The summed E-state index contributed by atoms with van der Waals surface area (Å²) in [6.45, 7) is 3.35. The Labute approximate surface area is 123 Å². The third-order valence-electron chi connectivity index (χ3n) is 5.23. The van der Waals surface area contributed by atoms with Gasteiger partial charge in [0.2, 0.25) is 0 Å². The van der Waals surface area contributed by atoms with E-state index in [0.29, 0.717) is 6.04 Å². The van der Waals surface area contributed by atoms with E-state index >= 15 is 0 Å². The van der Waals surface area contributed by atoms with Gasteiger partial charge >= 0.3 is 0 Å². The Bertz CT molecular complexity index is 412. The lowest BCUT2D eigenvalue weighted by atomic mass is 9.85. The minimum Gasteiger partial charge on any atom is -0.373 e. The molecule has 0 spiro atoms. The highest BCUT2D eigenvalue weighted by atomic mass is 15.1. The Morgan fingerprint density at radius 1 is 1.15 bits per heavy atom. The van der Waals surface area contributed by atoms with Crippen LogP contribution in [0.2, 0.25) is 0 Å². The van der Waals surface area contributed by atoms with Crippen LogP contribution in [0.25, 0.3) is 0 Å². The van der Waals surface area contributed by atoms with E-state index in [-0.39, 0.29) is 0 Å². The number of nitrogens with zero attached hydrogens (tertiary/aromatic N) is 1. The lowest BCUT2D eigenvalue weighted by molar-refractivity contribution is 0.325. The van der Waals surface area contributed by atoms with E-state index in [1.54, 1.807) is 0 Å². The molecule has 20 heavy (non-hydrogen) atoms. The molecule has 1 N–H and O–H groups in total. The molecule has 3 atom stereocenters. The van der Waals surface area contributed by atoms with Gasteiger partial charge in [0.15, 0.2) is 0 Å². The monoisotopic (exact) mass is 272 g/mol. The Morgan fingerprint density at radius 3 is 2.60 bits per heavy atom. The summed E-state index contributed by atoms with van der Waals surface area (Å²) >= 11 is 0. The van der Waals surface area contributed by atoms with Crippen LogP contribution in [0, 0.1) is 5.92 Å². The zero-order valence-corrected chi connectivity index (χ0v) is 12.9. The van der Waals surface area contributed by atoms with Crippen LogP contribution < -0.4 is 10.2 Å². The van der Waals surface area contributed by atoms with Crippen LogP contribution >= 0.6 is 0 Å². The van der Waals surface area contributed by atoms with E-state index in [9.17, 15) is 0 Å². The number of nitrogens with one attached hydrogen (secondary N) is 1. The SMILES string of the molecule is CCc1ccc(N(C)CC2CC3CCCCC3N2)cc1. The summed E-state index contributed by atoms with van der Waals surface area (Å²) in [7, 11) is 2.23. The van der Waals surface area contributed by atoms with Crippen molar-refractivity contribution in [3.63, 3.8) is 0 Å². The number of likely N-dealkylation sites (N-methyl/N-ethyl adjacent to an activating group) is 1. The zero-order valence-electron chi connectivity index (χ0n) is 12.9. The summed E-state index contributed by atoms with van der Waals surface area (Å²) in [6, 6.07) is 10.5. The van der Waals surface area contributed by atoms with Gasteiger partial charge in [0, 0.05) is 31.4 Å². The molecule has 0 radical (unpaired) electrons. The molecule has 1 saturated heterocycles. The molecule has 1 aromatic rings. The predicted octanol–water partition coefficient (Wildman–Crippen LogP) is 3.61. The second-order valence-electron chi connectivity index (χ2n) is 6.65. The molecule has 3 rings (SSSR count). The molecule has 1 saturated carbocycles. The van der Waals surface area contributed by atoms with Gasteiger partial charge in [-0.15, -0.1) is 0 Å². The maximum absolute atomic E-state index is 3.87. The van der Waals surface area contributed by atoms with Crippen LogP contribution in [0.5, 0.6) is 0 Å². The van der Waals surface area contributed by atoms with Crippen molar-refractivity contribution in [3.8, 4) is 0 Å². The van der Waals surface area contributed by atoms with Gasteiger partial charge < -0.3 is 10.2 Å². The van der Waals surface area contributed by atoms with Crippen molar-refractivity contribution in [2.75, 3.05) is 18.5 Å². The largest absolute Gasteiger partial charge is 0.373 e. The fraction of sp³-hybridized carbons (Fsp3) is 0.667. The Hall–Kier alpha value is -1.02. The maximum atomic E-state index is 3.87. The highest BCUT2D eigenvalue weighted by molar-refractivity contribution is 5.47. The third kappa shape index (κ3) is 3.01. The standard InChI is InChI=1S/C18H28N2/c1-3-14-8-10-17(11-9-14)20(2)13-16-12-15-6-4-5-7-18(15)19-16/h8-11,15-16,18-19H,3-7,12-13H2,1-2H3. The first-order valence-corrected chi connectivity index (χ1v) is 8.32. The topological polar surface area (TPSA) is 15.3 Å². The second-order valence-corrected chi connectivity index (χ2v) is 6.65. The maximum Gasteiger partial charge on any atom is 0.0364 e. The fourth-order valence-electron chi connectivity index (χ4n) is 3.99. The van der Waals surface area contributed by atoms with Crippen LogP contribution in [0.15, 0.2) is 24.3 Å².